The molecule has 1 rings (SSSR count). The van der Waals surface area contributed by atoms with Gasteiger partial charge in [-0.1, -0.05) is 23.1 Å². The van der Waals surface area contributed by atoms with Crippen LogP contribution >= 0.6 is 23.1 Å². The fraction of sp³-hybridized carbons (Fsp3) is 0.636. The van der Waals surface area contributed by atoms with Crippen LogP contribution in [0.25, 0.3) is 0 Å². The van der Waals surface area contributed by atoms with Crippen LogP contribution in [0.5, 0.6) is 0 Å². The molecule has 0 bridgehead atoms. The number of hydrogen-bond acceptors (Lipinski definition) is 8. The van der Waals surface area contributed by atoms with E-state index in [-0.39, 0.29) is 17.9 Å². The lowest BCUT2D eigenvalue weighted by molar-refractivity contribution is -0.117. The number of alkyl carbamates (subject to hydrolysis) is 1. The van der Waals surface area contributed by atoms with E-state index in [1.165, 1.54) is 23.1 Å². The number of thioether (sulfide) groups is 1. The Labute approximate surface area is 125 Å². The number of carbonyl (C=O) groups excluding carboxylic acids is 2. The fourth-order valence-corrected chi connectivity index (χ4v) is 2.84. The van der Waals surface area contributed by atoms with Gasteiger partial charge >= 0.3 is 6.09 Å². The van der Waals surface area contributed by atoms with Crippen molar-refractivity contribution < 1.29 is 14.3 Å². The molecule has 2 N–H and O–H groups in total. The van der Waals surface area contributed by atoms with Crippen LogP contribution < -0.4 is 10.6 Å². The van der Waals surface area contributed by atoms with Crippen LogP contribution in [-0.2, 0) is 9.53 Å². The zero-order valence-electron chi connectivity index (χ0n) is 11.8. The second-order valence-electron chi connectivity index (χ2n) is 4.81. The van der Waals surface area contributed by atoms with Gasteiger partial charge in [-0.3, -0.25) is 10.1 Å². The largest absolute Gasteiger partial charge is 0.450 e. The number of carbonyl (C=O) groups is 2. The summed E-state index contributed by atoms with van der Waals surface area (Å²) < 4.78 is 5.27. The maximum Gasteiger partial charge on any atom is 0.413 e. The number of rotatable bonds is 5. The molecule has 0 saturated carbocycles. The third-order valence-corrected chi connectivity index (χ3v) is 3.70. The van der Waals surface area contributed by atoms with E-state index in [2.05, 4.69) is 25.6 Å². The lowest BCUT2D eigenvalue weighted by Gasteiger charge is -2.18. The van der Waals surface area contributed by atoms with Gasteiger partial charge < -0.3 is 10.1 Å². The smallest absolute Gasteiger partial charge is 0.413 e. The van der Waals surface area contributed by atoms with Gasteiger partial charge in [-0.25, -0.2) is 4.79 Å². The Kier molecular flexibility index (Phi) is 6.21. The summed E-state index contributed by atoms with van der Waals surface area (Å²) in [6, 6.07) is 0. The highest BCUT2D eigenvalue weighted by Gasteiger charge is 2.14. The molecule has 112 valence electrons. The molecule has 7 nitrogen and oxygen atoms in total. The molecule has 0 aromatic carbocycles. The van der Waals surface area contributed by atoms with Gasteiger partial charge in [0.2, 0.25) is 11.0 Å². The molecule has 1 aromatic rings. The molecule has 0 unspecified atom stereocenters. The lowest BCUT2D eigenvalue weighted by Crippen LogP contribution is -2.32. The molecule has 0 aliphatic rings. The molecule has 0 spiro atoms. The van der Waals surface area contributed by atoms with Gasteiger partial charge in [0.15, 0.2) is 4.34 Å². The van der Waals surface area contributed by atoms with Crippen molar-refractivity contribution in [3.8, 4) is 0 Å². The number of imide groups is 1. The standard InChI is InChI=1S/C11H18N4O3S2/c1-5-18-9(17)12-7(16)6-19-10-15-14-8(20-10)13-11(2,3)4/h5-6H2,1-4H3,(H,13,14)(H,12,16,17). The Balaban J connectivity index is 2.39. The zero-order chi connectivity index (χ0) is 15.2. The Hall–Kier alpha value is -1.35. The molecule has 1 aromatic heterocycles. The van der Waals surface area contributed by atoms with E-state index in [0.29, 0.717) is 9.47 Å². The predicted octanol–water partition coefficient (Wildman–Crippen LogP) is 2.11. The average molecular weight is 318 g/mol. The van der Waals surface area contributed by atoms with Crippen molar-refractivity contribution in [3.05, 3.63) is 0 Å². The summed E-state index contributed by atoms with van der Waals surface area (Å²) in [5, 5.41) is 14.0. The third-order valence-electron chi connectivity index (χ3n) is 1.73. The summed E-state index contributed by atoms with van der Waals surface area (Å²) in [4.78, 5) is 22.5. The summed E-state index contributed by atoms with van der Waals surface area (Å²) in [6.07, 6.45) is -0.731. The van der Waals surface area contributed by atoms with Gasteiger partial charge in [0.1, 0.15) is 0 Å². The van der Waals surface area contributed by atoms with Crippen molar-refractivity contribution in [2.45, 2.75) is 37.6 Å². The van der Waals surface area contributed by atoms with Crippen LogP contribution in [-0.4, -0.2) is 40.1 Å². The van der Waals surface area contributed by atoms with E-state index >= 15 is 0 Å². The topological polar surface area (TPSA) is 93.2 Å². The molecule has 2 amide bonds. The second-order valence-corrected chi connectivity index (χ2v) is 7.01. The summed E-state index contributed by atoms with van der Waals surface area (Å²) >= 11 is 2.58. The van der Waals surface area contributed by atoms with Crippen LogP contribution in [0.3, 0.4) is 0 Å². The van der Waals surface area contributed by atoms with Crippen LogP contribution in [0.1, 0.15) is 27.7 Å². The number of hydrogen-bond donors (Lipinski definition) is 2. The van der Waals surface area contributed by atoms with Crippen molar-refractivity contribution in [3.63, 3.8) is 0 Å². The van der Waals surface area contributed by atoms with E-state index in [4.69, 9.17) is 0 Å². The Morgan fingerprint density at radius 2 is 2.05 bits per heavy atom. The molecule has 0 saturated heterocycles. The first kappa shape index (κ1) is 16.7. The first-order valence-electron chi connectivity index (χ1n) is 6.01. The monoisotopic (exact) mass is 318 g/mol. The van der Waals surface area contributed by atoms with Gasteiger partial charge in [0, 0.05) is 5.54 Å². The van der Waals surface area contributed by atoms with Crippen LogP contribution in [0.15, 0.2) is 4.34 Å². The molecular weight excluding hydrogens is 300 g/mol. The van der Waals surface area contributed by atoms with Gasteiger partial charge in [-0.2, -0.15) is 0 Å². The van der Waals surface area contributed by atoms with Crippen LogP contribution in [0.4, 0.5) is 9.93 Å². The highest BCUT2D eigenvalue weighted by Crippen LogP contribution is 2.26. The zero-order valence-corrected chi connectivity index (χ0v) is 13.5. The summed E-state index contributed by atoms with van der Waals surface area (Å²) in [5.41, 5.74) is -0.0945. The normalized spacial score (nSPS) is 11.0. The minimum absolute atomic E-state index is 0.0863. The highest BCUT2D eigenvalue weighted by molar-refractivity contribution is 8.01. The molecular formula is C11H18N4O3S2. The van der Waals surface area contributed by atoms with Gasteiger partial charge in [-0.15, -0.1) is 10.2 Å². The van der Waals surface area contributed by atoms with Crippen molar-refractivity contribution in [1.82, 2.24) is 15.5 Å². The number of nitrogens with zero attached hydrogens (tertiary/aromatic N) is 2. The molecule has 0 fully saturated rings. The predicted molar refractivity (Wildman–Crippen MR) is 79.2 cm³/mol. The van der Waals surface area contributed by atoms with Crippen molar-refractivity contribution in [1.29, 1.82) is 0 Å². The molecule has 0 atom stereocenters. The summed E-state index contributed by atoms with van der Waals surface area (Å²) in [6.45, 7) is 7.96. The molecule has 9 heteroatoms. The van der Waals surface area contributed by atoms with E-state index in [0.717, 1.165) is 0 Å². The van der Waals surface area contributed by atoms with Crippen LogP contribution in [0, 0.1) is 0 Å². The third kappa shape index (κ3) is 6.71. The minimum atomic E-state index is -0.731. The molecule has 1 heterocycles. The Morgan fingerprint density at radius 3 is 2.65 bits per heavy atom. The first-order valence-corrected chi connectivity index (χ1v) is 7.81. The van der Waals surface area contributed by atoms with Gasteiger partial charge in [0.25, 0.3) is 0 Å². The summed E-state index contributed by atoms with van der Waals surface area (Å²) in [7, 11) is 0. The Bertz CT molecular complexity index is 470. The van der Waals surface area contributed by atoms with Gasteiger partial charge in [0.05, 0.1) is 12.4 Å². The van der Waals surface area contributed by atoms with Gasteiger partial charge in [-0.05, 0) is 27.7 Å². The highest BCUT2D eigenvalue weighted by atomic mass is 32.2. The number of aromatic nitrogens is 2. The summed E-state index contributed by atoms with van der Waals surface area (Å²) in [5.74, 6) is -0.336. The van der Waals surface area contributed by atoms with Crippen LogP contribution in [0.2, 0.25) is 0 Å². The van der Waals surface area contributed by atoms with E-state index < -0.39 is 12.0 Å². The number of nitrogens with one attached hydrogen (secondary N) is 2. The SMILES string of the molecule is CCOC(=O)NC(=O)CSc1nnc(NC(C)(C)C)s1. The quantitative estimate of drug-likeness (QED) is 0.803. The fourth-order valence-electron chi connectivity index (χ4n) is 1.08. The average Bonchev–Trinajstić information content (AvgIpc) is 2.72. The number of ether oxygens (including phenoxy) is 1. The number of amides is 2. The molecule has 0 aliphatic carbocycles. The van der Waals surface area contributed by atoms with E-state index in [9.17, 15) is 9.59 Å². The first-order chi connectivity index (χ1) is 9.30. The molecule has 20 heavy (non-hydrogen) atoms. The minimum Gasteiger partial charge on any atom is -0.450 e. The second kappa shape index (κ2) is 7.44. The van der Waals surface area contributed by atoms with Crippen molar-refractivity contribution in [2.24, 2.45) is 0 Å². The molecule has 0 radical (unpaired) electrons. The maximum atomic E-state index is 11.4. The van der Waals surface area contributed by atoms with E-state index in [1.807, 2.05) is 20.8 Å². The van der Waals surface area contributed by atoms with Crippen molar-refractivity contribution >= 4 is 40.2 Å². The van der Waals surface area contributed by atoms with Crippen molar-refractivity contribution in [2.75, 3.05) is 17.7 Å². The molecule has 0 aliphatic heterocycles. The maximum absolute atomic E-state index is 11.4. The number of anilines is 1. The lowest BCUT2D eigenvalue weighted by atomic mass is 10.1. The Morgan fingerprint density at radius 1 is 1.35 bits per heavy atom. The van der Waals surface area contributed by atoms with E-state index in [1.54, 1.807) is 6.92 Å².